The summed E-state index contributed by atoms with van der Waals surface area (Å²) < 4.78 is 109. The smallest absolute Gasteiger partial charge is 0.416 e. The molecule has 1 saturated heterocycles. The predicted molar refractivity (Wildman–Crippen MR) is 104 cm³/mol. The molecule has 1 amide bonds. The zero-order chi connectivity index (χ0) is 24.4. The van der Waals surface area contributed by atoms with E-state index in [0.717, 1.165) is 0 Å². The van der Waals surface area contributed by atoms with Gasteiger partial charge in [0.15, 0.2) is 6.61 Å². The molecule has 0 radical (unpaired) electrons. The van der Waals surface area contributed by atoms with E-state index in [-0.39, 0.29) is 37.1 Å². The van der Waals surface area contributed by atoms with Crippen LogP contribution in [-0.2, 0) is 27.2 Å². The summed E-state index contributed by atoms with van der Waals surface area (Å²) in [6.45, 7) is -0.866. The molecule has 2 aromatic rings. The summed E-state index contributed by atoms with van der Waals surface area (Å²) in [6, 6.07) is 8.40. The van der Waals surface area contributed by atoms with Crippen molar-refractivity contribution in [1.82, 2.24) is 9.21 Å². The normalized spacial score (nSPS) is 16.0. The molecule has 0 saturated carbocycles. The third-order valence-corrected chi connectivity index (χ3v) is 6.81. The van der Waals surface area contributed by atoms with Crippen molar-refractivity contribution in [3.63, 3.8) is 0 Å². The number of hydrogen-bond donors (Lipinski definition) is 0. The van der Waals surface area contributed by atoms with Gasteiger partial charge in [-0.3, -0.25) is 4.79 Å². The van der Waals surface area contributed by atoms with Crippen molar-refractivity contribution in [1.29, 1.82) is 0 Å². The van der Waals surface area contributed by atoms with Gasteiger partial charge in [0, 0.05) is 26.2 Å². The van der Waals surface area contributed by atoms with Gasteiger partial charge in [0.05, 0.1) is 16.0 Å². The minimum Gasteiger partial charge on any atom is -0.484 e. The number of ether oxygens (including phenoxy) is 1. The molecular formula is C20H18F6N2O4S. The van der Waals surface area contributed by atoms with Crippen molar-refractivity contribution < 1.29 is 44.3 Å². The topological polar surface area (TPSA) is 66.9 Å². The molecule has 1 aliphatic heterocycles. The van der Waals surface area contributed by atoms with Gasteiger partial charge in [-0.2, -0.15) is 30.6 Å². The van der Waals surface area contributed by atoms with Gasteiger partial charge in [0.2, 0.25) is 10.0 Å². The molecule has 33 heavy (non-hydrogen) atoms. The SMILES string of the molecule is O=C(COc1cc(C(F)(F)F)cc(C(F)(F)F)c1)N1CCN(S(=O)(=O)c2ccccc2)CC1. The lowest BCUT2D eigenvalue weighted by Gasteiger charge is -2.34. The predicted octanol–water partition coefficient (Wildman–Crippen LogP) is 3.64. The molecule has 13 heteroatoms. The maximum absolute atomic E-state index is 12.9. The van der Waals surface area contributed by atoms with Crippen LogP contribution in [-0.4, -0.2) is 56.3 Å². The number of amides is 1. The third kappa shape index (κ3) is 5.96. The van der Waals surface area contributed by atoms with Crippen molar-refractivity contribution in [3.8, 4) is 5.75 Å². The molecule has 0 unspecified atom stereocenters. The Balaban J connectivity index is 1.63. The number of carbonyl (C=O) groups excluding carboxylic acids is 1. The molecular weight excluding hydrogens is 478 g/mol. The van der Waals surface area contributed by atoms with E-state index in [1.165, 1.54) is 21.3 Å². The molecule has 1 heterocycles. The molecule has 0 N–H and O–H groups in total. The van der Waals surface area contributed by atoms with Gasteiger partial charge in [-0.15, -0.1) is 0 Å². The first-order chi connectivity index (χ1) is 15.3. The average Bonchev–Trinajstić information content (AvgIpc) is 2.76. The highest BCUT2D eigenvalue weighted by atomic mass is 32.2. The van der Waals surface area contributed by atoms with Crippen LogP contribution < -0.4 is 4.74 Å². The van der Waals surface area contributed by atoms with Crippen molar-refractivity contribution in [3.05, 3.63) is 59.7 Å². The van der Waals surface area contributed by atoms with Gasteiger partial charge in [-0.1, -0.05) is 18.2 Å². The number of nitrogens with zero attached hydrogens (tertiary/aromatic N) is 2. The van der Waals surface area contributed by atoms with Crippen LogP contribution >= 0.6 is 0 Å². The van der Waals surface area contributed by atoms with Crippen molar-refractivity contribution in [2.75, 3.05) is 32.8 Å². The molecule has 1 aliphatic rings. The summed E-state index contributed by atoms with van der Waals surface area (Å²) in [5.41, 5.74) is -3.11. The van der Waals surface area contributed by atoms with E-state index in [4.69, 9.17) is 4.74 Å². The first-order valence-electron chi connectivity index (χ1n) is 9.54. The summed E-state index contributed by atoms with van der Waals surface area (Å²) in [7, 11) is -3.75. The Labute approximate surface area is 185 Å². The second kappa shape index (κ2) is 9.21. The molecule has 2 aromatic carbocycles. The maximum atomic E-state index is 12.9. The first-order valence-corrected chi connectivity index (χ1v) is 11.0. The van der Waals surface area contributed by atoms with Crippen molar-refractivity contribution in [2.45, 2.75) is 17.2 Å². The molecule has 6 nitrogen and oxygen atoms in total. The van der Waals surface area contributed by atoms with E-state index < -0.39 is 51.8 Å². The number of sulfonamides is 1. The van der Waals surface area contributed by atoms with Crippen molar-refractivity contribution in [2.24, 2.45) is 0 Å². The van der Waals surface area contributed by atoms with Gasteiger partial charge < -0.3 is 9.64 Å². The molecule has 180 valence electrons. The average molecular weight is 496 g/mol. The zero-order valence-corrected chi connectivity index (χ0v) is 17.7. The van der Waals surface area contributed by atoms with Gasteiger partial charge in [0.1, 0.15) is 5.75 Å². The van der Waals surface area contributed by atoms with E-state index in [2.05, 4.69) is 0 Å². The zero-order valence-electron chi connectivity index (χ0n) is 16.9. The van der Waals surface area contributed by atoms with E-state index >= 15 is 0 Å². The van der Waals surface area contributed by atoms with Crippen LogP contribution in [0.25, 0.3) is 0 Å². The lowest BCUT2D eigenvalue weighted by Crippen LogP contribution is -2.51. The van der Waals surface area contributed by atoms with E-state index in [1.807, 2.05) is 0 Å². The maximum Gasteiger partial charge on any atom is 0.416 e. The first kappa shape index (κ1) is 24.8. The summed E-state index contributed by atoms with van der Waals surface area (Å²) in [6.07, 6.45) is -10.1. The van der Waals surface area contributed by atoms with Gasteiger partial charge in [-0.05, 0) is 30.3 Å². The molecule has 0 aromatic heterocycles. The Hall–Kier alpha value is -2.80. The fourth-order valence-corrected chi connectivity index (χ4v) is 4.61. The van der Waals surface area contributed by atoms with Crippen molar-refractivity contribution >= 4 is 15.9 Å². The highest BCUT2D eigenvalue weighted by molar-refractivity contribution is 7.89. The van der Waals surface area contributed by atoms with Crippen LogP contribution in [0.2, 0.25) is 0 Å². The summed E-state index contributed by atoms with van der Waals surface area (Å²) >= 11 is 0. The fourth-order valence-electron chi connectivity index (χ4n) is 3.17. The van der Waals surface area contributed by atoms with Crippen LogP contribution in [0.4, 0.5) is 26.3 Å². The lowest BCUT2D eigenvalue weighted by atomic mass is 10.1. The number of benzene rings is 2. The fraction of sp³-hybridized carbons (Fsp3) is 0.350. The Morgan fingerprint density at radius 1 is 0.848 bits per heavy atom. The Kier molecular flexibility index (Phi) is 6.93. The molecule has 0 aliphatic carbocycles. The Morgan fingerprint density at radius 3 is 1.85 bits per heavy atom. The molecule has 0 atom stereocenters. The monoisotopic (exact) mass is 496 g/mol. The summed E-state index contributed by atoms with van der Waals surface area (Å²) in [4.78, 5) is 13.7. The van der Waals surface area contributed by atoms with Gasteiger partial charge >= 0.3 is 12.4 Å². The van der Waals surface area contributed by atoms with Crippen LogP contribution in [0.15, 0.2) is 53.4 Å². The molecule has 0 bridgehead atoms. The standard InChI is InChI=1S/C20H18F6N2O4S/c21-19(22,23)14-10-15(20(24,25)26)12-16(11-14)32-13-18(29)27-6-8-28(9-7-27)33(30,31)17-4-2-1-3-5-17/h1-5,10-12H,6-9,13H2. The Bertz CT molecular complexity index is 1060. The molecule has 1 fully saturated rings. The number of piperazine rings is 1. The van der Waals surface area contributed by atoms with E-state index in [1.54, 1.807) is 18.2 Å². The highest BCUT2D eigenvalue weighted by Gasteiger charge is 2.37. The van der Waals surface area contributed by atoms with Crippen LogP contribution in [0.5, 0.6) is 5.75 Å². The minimum absolute atomic E-state index is 0.00928. The quantitative estimate of drug-likeness (QED) is 0.593. The highest BCUT2D eigenvalue weighted by Crippen LogP contribution is 2.38. The summed E-state index contributed by atoms with van der Waals surface area (Å²) in [5, 5.41) is 0. The minimum atomic E-state index is -5.04. The second-order valence-corrected chi connectivity index (χ2v) is 9.07. The third-order valence-electron chi connectivity index (χ3n) is 4.90. The van der Waals surface area contributed by atoms with Gasteiger partial charge in [-0.25, -0.2) is 8.42 Å². The second-order valence-electron chi connectivity index (χ2n) is 7.13. The van der Waals surface area contributed by atoms with Crippen LogP contribution in [0, 0.1) is 0 Å². The van der Waals surface area contributed by atoms with Gasteiger partial charge in [0.25, 0.3) is 5.91 Å². The number of alkyl halides is 6. The number of hydrogen-bond acceptors (Lipinski definition) is 4. The molecule has 0 spiro atoms. The molecule has 3 rings (SSSR count). The number of rotatable bonds is 5. The van der Waals surface area contributed by atoms with Crippen LogP contribution in [0.3, 0.4) is 0 Å². The van der Waals surface area contributed by atoms with E-state index in [0.29, 0.717) is 12.1 Å². The Morgan fingerprint density at radius 2 is 1.36 bits per heavy atom. The number of carbonyl (C=O) groups is 1. The van der Waals surface area contributed by atoms with E-state index in [9.17, 15) is 39.6 Å². The van der Waals surface area contributed by atoms with Crippen LogP contribution in [0.1, 0.15) is 11.1 Å². The lowest BCUT2D eigenvalue weighted by molar-refractivity contribution is -0.143. The number of halogens is 6. The summed E-state index contributed by atoms with van der Waals surface area (Å²) in [5.74, 6) is -1.45. The largest absolute Gasteiger partial charge is 0.484 e.